The second-order valence-electron chi connectivity index (χ2n) is 22.0. The summed E-state index contributed by atoms with van der Waals surface area (Å²) in [6.45, 7) is 19.5. The number of unbranched alkanes of at least 4 members (excludes halogenated alkanes) is 7. The molecule has 0 aliphatic carbocycles. The van der Waals surface area contributed by atoms with Gasteiger partial charge in [-0.1, -0.05) is 99.4 Å². The summed E-state index contributed by atoms with van der Waals surface area (Å²) in [5, 5.41) is 23.7. The predicted molar refractivity (Wildman–Crippen MR) is 319 cm³/mol. The van der Waals surface area contributed by atoms with E-state index in [4.69, 9.17) is 26.1 Å². The fourth-order valence-corrected chi connectivity index (χ4v) is 11.7. The van der Waals surface area contributed by atoms with Gasteiger partial charge >= 0.3 is 0 Å². The van der Waals surface area contributed by atoms with Gasteiger partial charge in [-0.2, -0.15) is 0 Å². The van der Waals surface area contributed by atoms with Crippen molar-refractivity contribution < 1.29 is 33.8 Å². The third-order valence-corrected chi connectivity index (χ3v) is 16.6. The average molecular weight is 1160 g/mol. The van der Waals surface area contributed by atoms with Crippen LogP contribution in [0, 0.1) is 26.2 Å². The minimum Gasteiger partial charge on any atom is -0.391 e. The SMILES string of the molecule is Cc1nc(Nc2ncc(C(=O)Nc3c(C)cccc3Cl)s2)cc(N2CCN(CCCCCCOCCCCCOCCCCCC(=O)NC(C(=O)N3C[C@H](O)C[C@H]3C(=O)NCc3ccc(-c4scnc4C)cc3)C(C)(C)C)CC2)n1. The van der Waals surface area contributed by atoms with E-state index in [-0.39, 0.29) is 49.6 Å². The third kappa shape index (κ3) is 19.0. The van der Waals surface area contributed by atoms with Crippen LogP contribution in [0.2, 0.25) is 5.02 Å². The molecule has 5 aromatic rings. The lowest BCUT2D eigenvalue weighted by Gasteiger charge is -2.35. The minimum absolute atomic E-state index is 0.0341. The largest absolute Gasteiger partial charge is 0.391 e. The monoisotopic (exact) mass is 1160 g/mol. The Kier molecular flexibility index (Phi) is 24.0. The summed E-state index contributed by atoms with van der Waals surface area (Å²) in [6.07, 6.45) is 11.2. The summed E-state index contributed by atoms with van der Waals surface area (Å²) >= 11 is 9.15. The number of aliphatic hydroxyl groups excluding tert-OH is 1. The molecule has 2 saturated heterocycles. The van der Waals surface area contributed by atoms with Crippen molar-refractivity contribution in [2.24, 2.45) is 5.41 Å². The number of carbonyl (C=O) groups is 4. The number of β-amino-alcohol motifs (C(OH)–C–C–N with tert-alkyl or cyclic N) is 1. The number of aryl methyl sites for hydroxylation is 3. The van der Waals surface area contributed by atoms with Gasteiger partial charge < -0.3 is 45.6 Å². The number of rotatable bonds is 30. The fourth-order valence-electron chi connectivity index (χ4n) is 9.85. The highest BCUT2D eigenvalue weighted by Gasteiger charge is 2.44. The number of likely N-dealkylation sites (tertiary alicyclic amines) is 1. The molecule has 2 fully saturated rings. The Labute approximate surface area is 485 Å². The fraction of sp³-hybridized carbons (Fsp3) is 0.559. The Morgan fingerprint density at radius 1 is 0.838 bits per heavy atom. The molecule has 2 aliphatic heterocycles. The number of aromatic nitrogens is 4. The number of nitrogens with one attached hydrogen (secondary N) is 4. The molecule has 2 aliphatic rings. The van der Waals surface area contributed by atoms with Crippen LogP contribution in [-0.2, 0) is 30.4 Å². The maximum Gasteiger partial charge on any atom is 0.267 e. The van der Waals surface area contributed by atoms with E-state index in [2.05, 4.69) is 46.0 Å². The Morgan fingerprint density at radius 2 is 1.51 bits per heavy atom. The molecular weight excluding hydrogens is 1070 g/mol. The molecule has 0 spiro atoms. The molecule has 2 aromatic carbocycles. The maximum atomic E-state index is 14.0. The number of benzene rings is 2. The number of nitrogens with zero attached hydrogens (tertiary/aromatic N) is 7. The summed E-state index contributed by atoms with van der Waals surface area (Å²) in [4.78, 5) is 79.5. The number of carbonyl (C=O) groups excluding carboxylic acids is 4. The molecule has 3 aromatic heterocycles. The number of anilines is 4. The lowest BCUT2D eigenvalue weighted by molar-refractivity contribution is -0.144. The van der Waals surface area contributed by atoms with Crippen molar-refractivity contribution in [3.8, 4) is 10.4 Å². The summed E-state index contributed by atoms with van der Waals surface area (Å²) in [5.41, 5.74) is 5.65. The molecule has 434 valence electrons. The molecule has 21 heteroatoms. The zero-order valence-electron chi connectivity index (χ0n) is 47.5. The predicted octanol–water partition coefficient (Wildman–Crippen LogP) is 9.89. The summed E-state index contributed by atoms with van der Waals surface area (Å²) in [6, 6.07) is 13.7. The number of hydrogen-bond donors (Lipinski definition) is 5. The lowest BCUT2D eigenvalue weighted by atomic mass is 9.85. The summed E-state index contributed by atoms with van der Waals surface area (Å²) in [5.74, 6) is 1.01. The van der Waals surface area contributed by atoms with E-state index < -0.39 is 23.6 Å². The van der Waals surface area contributed by atoms with Crippen molar-refractivity contribution in [1.82, 2.24) is 40.4 Å². The standard InChI is InChI=1S/C59H82ClN11O7S2/c1-40-18-17-19-46(60)52(40)68-56(75)48-37-62-58(80-48)66-49-35-50(65-42(3)64-49)70-28-26-69(27-29-70)25-12-7-8-13-30-77-32-15-10-16-33-78-31-14-9-11-20-51(73)67-54(59(4,5)6)57(76)71-38-45(72)34-47(71)55(74)61-36-43-21-23-44(24-22-43)53-41(2)63-39-79-53/h17-19,21-24,35,37,39,45,47,54,72H,7-16,20,25-34,36,38H2,1-6H3,(H,61,74)(H,67,73)(H,68,75)(H,62,64,65,66)/t45-,47+,54?/m1/s1. The number of piperazine rings is 1. The van der Waals surface area contributed by atoms with Crippen LogP contribution in [0.4, 0.5) is 22.5 Å². The summed E-state index contributed by atoms with van der Waals surface area (Å²) < 4.78 is 11.8. The van der Waals surface area contributed by atoms with Crippen LogP contribution < -0.4 is 26.2 Å². The molecule has 0 bridgehead atoms. The molecule has 3 atom stereocenters. The first kappa shape index (κ1) is 62.0. The first-order valence-corrected chi connectivity index (χ1v) is 30.4. The van der Waals surface area contributed by atoms with E-state index in [9.17, 15) is 24.3 Å². The van der Waals surface area contributed by atoms with Crippen molar-refractivity contribution in [3.05, 3.63) is 92.8 Å². The molecule has 80 heavy (non-hydrogen) atoms. The number of aliphatic hydroxyl groups is 1. The van der Waals surface area contributed by atoms with Gasteiger partial charge in [0.15, 0.2) is 5.13 Å². The number of hydrogen-bond acceptors (Lipinski definition) is 16. The highest BCUT2D eigenvalue weighted by Crippen LogP contribution is 2.31. The molecule has 7 rings (SSSR count). The number of halogens is 1. The maximum absolute atomic E-state index is 14.0. The van der Waals surface area contributed by atoms with Gasteiger partial charge in [-0.25, -0.2) is 19.9 Å². The normalized spacial score (nSPS) is 16.2. The zero-order valence-corrected chi connectivity index (χ0v) is 49.9. The van der Waals surface area contributed by atoms with Crippen LogP contribution in [0.25, 0.3) is 10.4 Å². The second-order valence-corrected chi connectivity index (χ2v) is 24.3. The van der Waals surface area contributed by atoms with Gasteiger partial charge in [-0.05, 0) is 100 Å². The molecule has 0 saturated carbocycles. The number of ether oxygens (including phenoxy) is 2. The zero-order chi connectivity index (χ0) is 57.0. The molecule has 4 amide bonds. The minimum atomic E-state index is -0.852. The molecule has 18 nitrogen and oxygen atoms in total. The van der Waals surface area contributed by atoms with E-state index in [1.165, 1.54) is 29.1 Å². The van der Waals surface area contributed by atoms with E-state index >= 15 is 0 Å². The Hall–Kier alpha value is -5.61. The molecular formula is C59H82ClN11O7S2. The van der Waals surface area contributed by atoms with Crippen LogP contribution >= 0.6 is 34.3 Å². The summed E-state index contributed by atoms with van der Waals surface area (Å²) in [7, 11) is 0. The van der Waals surface area contributed by atoms with Gasteiger partial charge in [0.05, 0.1) is 39.1 Å². The van der Waals surface area contributed by atoms with Gasteiger partial charge in [0.2, 0.25) is 17.7 Å². The highest BCUT2D eigenvalue weighted by molar-refractivity contribution is 7.17. The van der Waals surface area contributed by atoms with E-state index in [0.29, 0.717) is 52.0 Å². The molecule has 5 heterocycles. The number of thiazole rings is 2. The van der Waals surface area contributed by atoms with Gasteiger partial charge in [-0.3, -0.25) is 24.1 Å². The van der Waals surface area contributed by atoms with Crippen LogP contribution in [0.15, 0.2) is 60.2 Å². The smallest absolute Gasteiger partial charge is 0.267 e. The number of amides is 4. The quantitative estimate of drug-likeness (QED) is 0.0271. The molecule has 0 radical (unpaired) electrons. The third-order valence-electron chi connectivity index (χ3n) is 14.4. The highest BCUT2D eigenvalue weighted by atomic mass is 35.5. The Balaban J connectivity index is 0.665. The van der Waals surface area contributed by atoms with Crippen LogP contribution in [0.5, 0.6) is 0 Å². The van der Waals surface area contributed by atoms with Gasteiger partial charge in [0.25, 0.3) is 5.91 Å². The van der Waals surface area contributed by atoms with Crippen molar-refractivity contribution in [3.63, 3.8) is 0 Å². The van der Waals surface area contributed by atoms with Crippen LogP contribution in [0.1, 0.15) is 130 Å². The van der Waals surface area contributed by atoms with Crippen molar-refractivity contribution in [1.29, 1.82) is 0 Å². The van der Waals surface area contributed by atoms with Crippen LogP contribution in [0.3, 0.4) is 0 Å². The van der Waals surface area contributed by atoms with E-state index in [1.54, 1.807) is 23.6 Å². The number of para-hydroxylation sites is 1. The topological polar surface area (TPSA) is 216 Å². The van der Waals surface area contributed by atoms with Gasteiger partial charge in [0, 0.05) is 84.6 Å². The first-order valence-electron chi connectivity index (χ1n) is 28.3. The molecule has 5 N–H and O–H groups in total. The first-order chi connectivity index (χ1) is 38.5. The van der Waals surface area contributed by atoms with Crippen molar-refractivity contribution in [2.75, 3.05) is 81.2 Å². The van der Waals surface area contributed by atoms with Gasteiger partial charge in [-0.15, -0.1) is 11.3 Å². The van der Waals surface area contributed by atoms with E-state index in [1.807, 2.05) is 89.5 Å². The van der Waals surface area contributed by atoms with Gasteiger partial charge in [0.1, 0.15) is 34.4 Å². The average Bonchev–Trinajstić information content (AvgIpc) is 4.23. The Bertz CT molecular complexity index is 2760. The van der Waals surface area contributed by atoms with Crippen molar-refractivity contribution >= 4 is 80.4 Å². The van der Waals surface area contributed by atoms with Crippen LogP contribution in [-0.4, -0.2) is 142 Å². The van der Waals surface area contributed by atoms with Crippen molar-refractivity contribution in [2.45, 2.75) is 143 Å². The second kappa shape index (κ2) is 31.0. The molecule has 1 unspecified atom stereocenters. The lowest BCUT2D eigenvalue weighted by Crippen LogP contribution is -2.57. The Morgan fingerprint density at radius 3 is 2.17 bits per heavy atom. The van der Waals surface area contributed by atoms with E-state index in [0.717, 1.165) is 124 Å².